The molecule has 3 N–H and O–H groups in total. The number of hydrogen-bond donors (Lipinski definition) is 2. The summed E-state index contributed by atoms with van der Waals surface area (Å²) in [7, 11) is 0. The van der Waals surface area contributed by atoms with E-state index in [4.69, 9.17) is 19.9 Å². The Hall–Kier alpha value is -2.07. The first-order valence-electron chi connectivity index (χ1n) is 8.71. The molecule has 0 atom stereocenters. The molecule has 8 heteroatoms. The highest BCUT2D eigenvalue weighted by Crippen LogP contribution is 2.41. The predicted octanol–water partition coefficient (Wildman–Crippen LogP) is 2.90. The molecule has 144 valence electrons. The number of ether oxygens (including phenoxy) is 3. The van der Waals surface area contributed by atoms with Crippen molar-refractivity contribution in [2.75, 3.05) is 31.9 Å². The zero-order valence-electron chi connectivity index (χ0n) is 14.9. The van der Waals surface area contributed by atoms with Crippen molar-refractivity contribution in [1.29, 1.82) is 0 Å². The molecule has 2 aliphatic heterocycles. The first kappa shape index (κ1) is 19.7. The Morgan fingerprint density at radius 3 is 2.74 bits per heavy atom. The maximum Gasteiger partial charge on any atom is 0.231 e. The highest BCUT2D eigenvalue weighted by atomic mass is 127. The summed E-state index contributed by atoms with van der Waals surface area (Å²) in [6, 6.07) is 11.7. The molecule has 7 nitrogen and oxygen atoms in total. The van der Waals surface area contributed by atoms with Crippen molar-refractivity contribution in [3.05, 3.63) is 48.2 Å². The average molecular weight is 482 g/mol. The maximum atomic E-state index is 6.07. The third kappa shape index (κ3) is 4.44. The summed E-state index contributed by atoms with van der Waals surface area (Å²) in [5, 5.41) is 3.03. The molecule has 4 rings (SSSR count). The van der Waals surface area contributed by atoms with Gasteiger partial charge in [0, 0.05) is 24.8 Å². The van der Waals surface area contributed by atoms with Crippen LogP contribution in [-0.4, -0.2) is 37.5 Å². The quantitative estimate of drug-likeness (QED) is 0.396. The molecule has 0 amide bonds. The van der Waals surface area contributed by atoms with Crippen molar-refractivity contribution >= 4 is 35.8 Å². The Balaban J connectivity index is 0.00000210. The van der Waals surface area contributed by atoms with E-state index >= 15 is 0 Å². The molecule has 0 aliphatic carbocycles. The lowest BCUT2D eigenvalue weighted by molar-refractivity contribution is 0.0531. The van der Waals surface area contributed by atoms with Gasteiger partial charge in [-0.05, 0) is 42.7 Å². The molecule has 0 spiro atoms. The molecule has 1 fully saturated rings. The number of nitrogens with zero attached hydrogens (tertiary/aromatic N) is 2. The molecule has 0 bridgehead atoms. The van der Waals surface area contributed by atoms with E-state index in [1.54, 1.807) is 6.20 Å². The van der Waals surface area contributed by atoms with Crippen LogP contribution in [0.15, 0.2) is 47.6 Å². The van der Waals surface area contributed by atoms with Gasteiger partial charge < -0.3 is 25.3 Å². The lowest BCUT2D eigenvalue weighted by atomic mass is 9.74. The Morgan fingerprint density at radius 1 is 1.15 bits per heavy atom. The summed E-state index contributed by atoms with van der Waals surface area (Å²) in [5.41, 5.74) is 7.12. The fourth-order valence-electron chi connectivity index (χ4n) is 3.37. The number of halogens is 1. The van der Waals surface area contributed by atoms with Gasteiger partial charge in [0.1, 0.15) is 5.82 Å². The minimum absolute atomic E-state index is 0. The first-order chi connectivity index (χ1) is 12.8. The van der Waals surface area contributed by atoms with Gasteiger partial charge in [0.25, 0.3) is 0 Å². The van der Waals surface area contributed by atoms with Crippen molar-refractivity contribution in [2.24, 2.45) is 10.7 Å². The topological polar surface area (TPSA) is 91.0 Å². The van der Waals surface area contributed by atoms with E-state index in [1.165, 1.54) is 5.56 Å². The van der Waals surface area contributed by atoms with Gasteiger partial charge in [-0.3, -0.25) is 4.99 Å². The van der Waals surface area contributed by atoms with Crippen LogP contribution in [0.1, 0.15) is 18.4 Å². The van der Waals surface area contributed by atoms with Crippen LogP contribution >= 0.6 is 24.0 Å². The summed E-state index contributed by atoms with van der Waals surface area (Å²) in [4.78, 5) is 8.81. The summed E-state index contributed by atoms with van der Waals surface area (Å²) >= 11 is 0. The lowest BCUT2D eigenvalue weighted by Gasteiger charge is -2.36. The Labute approximate surface area is 175 Å². The monoisotopic (exact) mass is 482 g/mol. The van der Waals surface area contributed by atoms with Gasteiger partial charge in [0.05, 0.1) is 6.54 Å². The van der Waals surface area contributed by atoms with Crippen LogP contribution in [0.5, 0.6) is 11.5 Å². The van der Waals surface area contributed by atoms with Gasteiger partial charge >= 0.3 is 0 Å². The molecule has 27 heavy (non-hydrogen) atoms. The van der Waals surface area contributed by atoms with Gasteiger partial charge in [-0.15, -0.1) is 24.0 Å². The van der Waals surface area contributed by atoms with Gasteiger partial charge in [0.2, 0.25) is 6.79 Å². The average Bonchev–Trinajstić information content (AvgIpc) is 3.16. The van der Waals surface area contributed by atoms with Crippen molar-refractivity contribution in [2.45, 2.75) is 18.3 Å². The smallest absolute Gasteiger partial charge is 0.231 e. The molecule has 2 aromatic rings. The number of rotatable bonds is 4. The number of fused-ring (bicyclic) bond motifs is 1. The van der Waals surface area contributed by atoms with E-state index in [9.17, 15) is 0 Å². The number of aliphatic imine (C=N–C) groups is 1. The maximum absolute atomic E-state index is 6.07. The number of hydrogen-bond acceptors (Lipinski definition) is 5. The Kier molecular flexibility index (Phi) is 6.38. The molecule has 1 aromatic heterocycles. The number of aromatic nitrogens is 1. The van der Waals surface area contributed by atoms with E-state index in [0.29, 0.717) is 31.5 Å². The third-order valence-electron chi connectivity index (χ3n) is 4.91. The fourth-order valence-corrected chi connectivity index (χ4v) is 3.37. The second-order valence-corrected chi connectivity index (χ2v) is 6.50. The minimum Gasteiger partial charge on any atom is -0.454 e. The molecule has 0 radical (unpaired) electrons. The molecule has 2 aliphatic rings. The molecular formula is C19H23IN4O3. The first-order valence-corrected chi connectivity index (χ1v) is 8.71. The van der Waals surface area contributed by atoms with E-state index in [2.05, 4.69) is 27.4 Å². The zero-order valence-corrected chi connectivity index (χ0v) is 17.2. The van der Waals surface area contributed by atoms with Crippen molar-refractivity contribution in [3.63, 3.8) is 0 Å². The molecule has 0 unspecified atom stereocenters. The van der Waals surface area contributed by atoms with Crippen molar-refractivity contribution < 1.29 is 14.2 Å². The standard InChI is InChI=1S/C19H22N4O3.HI/c20-18(23-17-3-1-2-8-21-17)22-12-19(6-9-24-10-7-19)14-4-5-15-16(11-14)26-13-25-15;/h1-5,8,11H,6-7,9-10,12-13H2,(H3,20,21,22,23);1H. The molecular weight excluding hydrogens is 459 g/mol. The molecule has 3 heterocycles. The number of guanidine groups is 1. The summed E-state index contributed by atoms with van der Waals surface area (Å²) in [5.74, 6) is 2.61. The van der Waals surface area contributed by atoms with E-state index in [-0.39, 0.29) is 36.2 Å². The molecule has 1 aromatic carbocycles. The number of benzene rings is 1. The highest BCUT2D eigenvalue weighted by molar-refractivity contribution is 14.0. The minimum atomic E-state index is -0.129. The van der Waals surface area contributed by atoms with Crippen LogP contribution < -0.4 is 20.5 Å². The zero-order chi connectivity index (χ0) is 17.8. The molecule has 1 saturated heterocycles. The van der Waals surface area contributed by atoms with Gasteiger partial charge in [-0.1, -0.05) is 12.1 Å². The normalized spacial score (nSPS) is 17.9. The highest BCUT2D eigenvalue weighted by Gasteiger charge is 2.35. The second-order valence-electron chi connectivity index (χ2n) is 6.50. The van der Waals surface area contributed by atoms with Crippen LogP contribution in [0.4, 0.5) is 5.82 Å². The van der Waals surface area contributed by atoms with E-state index < -0.39 is 0 Å². The van der Waals surface area contributed by atoms with Crippen molar-refractivity contribution in [1.82, 2.24) is 4.98 Å². The van der Waals surface area contributed by atoms with Crippen LogP contribution in [0.2, 0.25) is 0 Å². The van der Waals surface area contributed by atoms with Crippen LogP contribution in [-0.2, 0) is 10.2 Å². The van der Waals surface area contributed by atoms with E-state index in [0.717, 1.165) is 24.3 Å². The Morgan fingerprint density at radius 2 is 1.96 bits per heavy atom. The SMILES string of the molecule is I.NC(=NCC1(c2ccc3c(c2)OCO3)CCOCC1)Nc1ccccn1. The predicted molar refractivity (Wildman–Crippen MR) is 114 cm³/mol. The third-order valence-corrected chi connectivity index (χ3v) is 4.91. The number of anilines is 1. The largest absolute Gasteiger partial charge is 0.454 e. The van der Waals surface area contributed by atoms with Crippen LogP contribution in [0.3, 0.4) is 0 Å². The van der Waals surface area contributed by atoms with Crippen LogP contribution in [0.25, 0.3) is 0 Å². The van der Waals surface area contributed by atoms with Gasteiger partial charge in [0.15, 0.2) is 17.5 Å². The fraction of sp³-hybridized carbons (Fsp3) is 0.368. The van der Waals surface area contributed by atoms with E-state index in [1.807, 2.05) is 24.3 Å². The summed E-state index contributed by atoms with van der Waals surface area (Å²) in [6.45, 7) is 2.25. The van der Waals surface area contributed by atoms with Crippen LogP contribution in [0, 0.1) is 0 Å². The number of nitrogens with one attached hydrogen (secondary N) is 1. The number of nitrogens with two attached hydrogens (primary N) is 1. The summed E-state index contributed by atoms with van der Waals surface area (Å²) < 4.78 is 16.6. The number of pyridine rings is 1. The molecule has 0 saturated carbocycles. The van der Waals surface area contributed by atoms with Crippen molar-refractivity contribution in [3.8, 4) is 11.5 Å². The van der Waals surface area contributed by atoms with Gasteiger partial charge in [-0.2, -0.15) is 0 Å². The summed E-state index contributed by atoms with van der Waals surface area (Å²) in [6.07, 6.45) is 3.47. The second kappa shape index (κ2) is 8.75. The van der Waals surface area contributed by atoms with Gasteiger partial charge in [-0.25, -0.2) is 4.98 Å². The Bertz CT molecular complexity index is 795. The lowest BCUT2D eigenvalue weighted by Crippen LogP contribution is -2.38.